The van der Waals surface area contributed by atoms with Crippen molar-refractivity contribution in [1.82, 2.24) is 0 Å². The normalized spacial score (nSPS) is 26.2. The number of benzene rings is 2. The van der Waals surface area contributed by atoms with E-state index in [2.05, 4.69) is 22.5 Å². The highest BCUT2D eigenvalue weighted by Gasteiger charge is 2.56. The largest absolute Gasteiger partial charge is 0.507 e. The summed E-state index contributed by atoms with van der Waals surface area (Å²) >= 11 is 3.40. The fraction of sp³-hybridized carbons (Fsp3) is 0.250. The number of amides is 2. The second-order valence-corrected chi connectivity index (χ2v) is 11.5. The third-order valence-electron chi connectivity index (χ3n) is 8.48. The van der Waals surface area contributed by atoms with Crippen LogP contribution < -0.4 is 4.90 Å². The van der Waals surface area contributed by atoms with Crippen LogP contribution in [0, 0.1) is 17.8 Å². The molecule has 196 valence electrons. The van der Waals surface area contributed by atoms with Crippen LogP contribution >= 0.6 is 15.9 Å². The predicted molar refractivity (Wildman–Crippen MR) is 150 cm³/mol. The highest BCUT2D eigenvalue weighted by Crippen LogP contribution is 2.56. The molecular weight excluding hydrogens is 558 g/mol. The predicted octanol–water partition coefficient (Wildman–Crippen LogP) is 5.52. The molecule has 0 saturated carbocycles. The molecule has 6 nitrogen and oxygen atoms in total. The fourth-order valence-electron chi connectivity index (χ4n) is 6.73. The van der Waals surface area contributed by atoms with Crippen molar-refractivity contribution in [3.05, 3.63) is 105 Å². The minimum Gasteiger partial charge on any atom is -0.507 e. The number of Topliss-reactive ketones (excluding diaryl/α,β-unsaturated/α-hetero) is 1. The zero-order valence-electron chi connectivity index (χ0n) is 21.3. The van der Waals surface area contributed by atoms with Crippen molar-refractivity contribution in [2.75, 3.05) is 4.90 Å². The number of imide groups is 1. The molecule has 2 aromatic carbocycles. The Morgan fingerprint density at radius 1 is 1.05 bits per heavy atom. The van der Waals surface area contributed by atoms with Crippen LogP contribution in [0.1, 0.15) is 36.8 Å². The van der Waals surface area contributed by atoms with E-state index in [0.717, 1.165) is 10.0 Å². The molecule has 0 bridgehead atoms. The summed E-state index contributed by atoms with van der Waals surface area (Å²) in [6.45, 7) is 5.40. The van der Waals surface area contributed by atoms with E-state index in [1.165, 1.54) is 11.0 Å². The van der Waals surface area contributed by atoms with E-state index in [4.69, 9.17) is 0 Å². The Labute approximate surface area is 234 Å². The molecule has 6 rings (SSSR count). The van der Waals surface area contributed by atoms with Gasteiger partial charge in [-0.1, -0.05) is 51.9 Å². The average Bonchev–Trinajstić information content (AvgIpc) is 3.18. The van der Waals surface area contributed by atoms with Gasteiger partial charge >= 0.3 is 0 Å². The van der Waals surface area contributed by atoms with Gasteiger partial charge in [0.2, 0.25) is 11.8 Å². The van der Waals surface area contributed by atoms with E-state index in [-0.39, 0.29) is 35.6 Å². The molecule has 0 radical (unpaired) electrons. The van der Waals surface area contributed by atoms with Gasteiger partial charge in [0, 0.05) is 32.7 Å². The van der Waals surface area contributed by atoms with Crippen LogP contribution in [0.5, 0.6) is 5.75 Å². The summed E-state index contributed by atoms with van der Waals surface area (Å²) in [6.07, 6.45) is 6.00. The SMILES string of the molecule is C=CCc1cccc(C2C3=CCC4C(=O)N(c5ccc(Br)cc5)C(=O)C4C3CC3=C2C(=O)C(C)=CC3=O)c1O. The first-order valence-electron chi connectivity index (χ1n) is 13.0. The van der Waals surface area contributed by atoms with Gasteiger partial charge in [0.25, 0.3) is 0 Å². The Morgan fingerprint density at radius 3 is 2.51 bits per heavy atom. The van der Waals surface area contributed by atoms with Gasteiger partial charge in [-0.2, -0.15) is 0 Å². The number of carbonyl (C=O) groups is 4. The number of rotatable bonds is 4. The number of halogens is 1. The summed E-state index contributed by atoms with van der Waals surface area (Å²) in [5.74, 6) is -3.32. The Hall–Kier alpha value is -3.84. The van der Waals surface area contributed by atoms with Gasteiger partial charge in [0.1, 0.15) is 5.75 Å². The number of allylic oxidation sites excluding steroid dienone is 7. The molecule has 0 aromatic heterocycles. The standard InChI is InChI=1S/C32H26BrNO5/c1-3-5-17-6-4-7-21(30(17)37)26-20-12-13-22-27(23(20)15-24-25(35)14-16(2)29(36)28(24)26)32(39)34(31(22)38)19-10-8-18(33)9-11-19/h3-4,6-12,14,22-23,26-27,37H,1,5,13,15H2,2H3. The third kappa shape index (κ3) is 3.82. The molecule has 39 heavy (non-hydrogen) atoms. The summed E-state index contributed by atoms with van der Waals surface area (Å²) in [4.78, 5) is 55.6. The van der Waals surface area contributed by atoms with Crippen LogP contribution in [0.15, 0.2) is 94.0 Å². The molecule has 2 aromatic rings. The summed E-state index contributed by atoms with van der Waals surface area (Å²) < 4.78 is 0.837. The van der Waals surface area contributed by atoms with E-state index < -0.39 is 23.7 Å². The maximum Gasteiger partial charge on any atom is 0.238 e. The highest BCUT2D eigenvalue weighted by molar-refractivity contribution is 9.10. The number of aromatic hydroxyl groups is 1. The number of anilines is 1. The third-order valence-corrected chi connectivity index (χ3v) is 9.00. The number of hydrogen-bond acceptors (Lipinski definition) is 5. The average molecular weight is 584 g/mol. The Bertz CT molecular complexity index is 1580. The summed E-state index contributed by atoms with van der Waals surface area (Å²) in [5.41, 5.74) is 3.60. The summed E-state index contributed by atoms with van der Waals surface area (Å²) in [6, 6.07) is 12.4. The van der Waals surface area contributed by atoms with E-state index in [1.807, 2.05) is 12.1 Å². The second-order valence-electron chi connectivity index (χ2n) is 10.6. The Balaban J connectivity index is 1.50. The molecule has 4 atom stereocenters. The summed E-state index contributed by atoms with van der Waals surface area (Å²) in [7, 11) is 0. The molecule has 1 saturated heterocycles. The number of hydrogen-bond donors (Lipinski definition) is 1. The number of nitrogens with zero attached hydrogens (tertiary/aromatic N) is 1. The Kier molecular flexibility index (Phi) is 6.14. The molecule has 0 spiro atoms. The smallest absolute Gasteiger partial charge is 0.238 e. The Morgan fingerprint density at radius 2 is 1.79 bits per heavy atom. The van der Waals surface area contributed by atoms with Crippen molar-refractivity contribution in [2.24, 2.45) is 17.8 Å². The number of fused-ring (bicyclic) bond motifs is 3. The van der Waals surface area contributed by atoms with Gasteiger partial charge in [-0.25, -0.2) is 0 Å². The molecule has 7 heteroatoms. The lowest BCUT2D eigenvalue weighted by molar-refractivity contribution is -0.123. The molecular formula is C32H26BrNO5. The van der Waals surface area contributed by atoms with Crippen LogP contribution in [0.25, 0.3) is 0 Å². The first-order chi connectivity index (χ1) is 18.7. The monoisotopic (exact) mass is 583 g/mol. The van der Waals surface area contributed by atoms with Crippen LogP contribution in [0.2, 0.25) is 0 Å². The maximum atomic E-state index is 13.9. The molecule has 1 N–H and O–H groups in total. The van der Waals surface area contributed by atoms with Crippen LogP contribution in [-0.2, 0) is 25.6 Å². The lowest BCUT2D eigenvalue weighted by Gasteiger charge is -2.42. The van der Waals surface area contributed by atoms with Gasteiger partial charge in [-0.15, -0.1) is 6.58 Å². The number of phenolic OH excluding ortho intramolecular Hbond substituents is 1. The van der Waals surface area contributed by atoms with Crippen molar-refractivity contribution < 1.29 is 24.3 Å². The van der Waals surface area contributed by atoms with Crippen LogP contribution in [0.3, 0.4) is 0 Å². The van der Waals surface area contributed by atoms with Gasteiger partial charge in [0.05, 0.1) is 17.5 Å². The first-order valence-corrected chi connectivity index (χ1v) is 13.8. The summed E-state index contributed by atoms with van der Waals surface area (Å²) in [5, 5.41) is 11.3. The quantitative estimate of drug-likeness (QED) is 0.291. The zero-order valence-corrected chi connectivity index (χ0v) is 22.9. The maximum absolute atomic E-state index is 13.9. The van der Waals surface area contributed by atoms with E-state index in [1.54, 1.807) is 49.4 Å². The number of para-hydroxylation sites is 1. The zero-order chi connectivity index (χ0) is 27.6. The lowest BCUT2D eigenvalue weighted by atomic mass is 9.59. The van der Waals surface area contributed by atoms with Crippen LogP contribution in [0.4, 0.5) is 5.69 Å². The number of carbonyl (C=O) groups excluding carboxylic acids is 4. The van der Waals surface area contributed by atoms with Gasteiger partial charge in [-0.3, -0.25) is 24.1 Å². The topological polar surface area (TPSA) is 91.8 Å². The molecule has 4 unspecified atom stereocenters. The highest BCUT2D eigenvalue weighted by atomic mass is 79.9. The van der Waals surface area contributed by atoms with E-state index in [9.17, 15) is 24.3 Å². The molecule has 1 fully saturated rings. The first kappa shape index (κ1) is 25.4. The molecule has 1 heterocycles. The van der Waals surface area contributed by atoms with Gasteiger partial charge in [-0.05, 0) is 68.0 Å². The number of ketones is 2. The van der Waals surface area contributed by atoms with Crippen molar-refractivity contribution in [3.8, 4) is 5.75 Å². The van der Waals surface area contributed by atoms with Crippen molar-refractivity contribution in [3.63, 3.8) is 0 Å². The number of phenols is 1. The second kappa shape index (κ2) is 9.42. The lowest BCUT2D eigenvalue weighted by Crippen LogP contribution is -2.39. The molecule has 4 aliphatic rings. The van der Waals surface area contributed by atoms with Crippen molar-refractivity contribution in [2.45, 2.75) is 32.1 Å². The minimum atomic E-state index is -0.686. The van der Waals surface area contributed by atoms with Crippen molar-refractivity contribution >= 4 is 45.0 Å². The van der Waals surface area contributed by atoms with Crippen LogP contribution in [-0.4, -0.2) is 28.5 Å². The van der Waals surface area contributed by atoms with Gasteiger partial charge in [0.15, 0.2) is 11.6 Å². The minimum absolute atomic E-state index is 0.0516. The molecule has 3 aliphatic carbocycles. The van der Waals surface area contributed by atoms with Gasteiger partial charge < -0.3 is 5.11 Å². The van der Waals surface area contributed by atoms with E-state index in [0.29, 0.717) is 46.4 Å². The molecule has 2 amide bonds. The van der Waals surface area contributed by atoms with E-state index >= 15 is 0 Å². The fourth-order valence-corrected chi connectivity index (χ4v) is 6.99. The molecule has 1 aliphatic heterocycles. The van der Waals surface area contributed by atoms with Crippen molar-refractivity contribution in [1.29, 1.82) is 0 Å².